The number of fused-ring (bicyclic) bond motifs is 2. The third-order valence-electron chi connectivity index (χ3n) is 3.36. The maximum atomic E-state index is 11.4. The number of hydrogen-bond acceptors (Lipinski definition) is 5. The summed E-state index contributed by atoms with van der Waals surface area (Å²) in [5.74, 6) is 0. The van der Waals surface area contributed by atoms with Crippen LogP contribution in [0.1, 0.15) is 6.42 Å². The van der Waals surface area contributed by atoms with Crippen LogP contribution in [0.2, 0.25) is 0 Å². The lowest BCUT2D eigenvalue weighted by atomic mass is 10.1. The molecule has 1 aliphatic carbocycles. The maximum Gasteiger partial charge on any atom is 0.214 e. The van der Waals surface area contributed by atoms with Gasteiger partial charge in [0.15, 0.2) is 0 Å². The molecule has 1 aromatic rings. The van der Waals surface area contributed by atoms with E-state index in [2.05, 4.69) is 15.4 Å². The van der Waals surface area contributed by atoms with Crippen LogP contribution in [0.15, 0.2) is 36.4 Å². The van der Waals surface area contributed by atoms with Crippen LogP contribution in [0.4, 0.5) is 5.69 Å². The van der Waals surface area contributed by atoms with Gasteiger partial charge in [-0.15, -0.1) is 10.2 Å². The molecule has 1 N–H and O–H groups in total. The third kappa shape index (κ3) is 2.53. The van der Waals surface area contributed by atoms with Crippen molar-refractivity contribution < 1.29 is 9.90 Å². The molecule has 0 fully saturated rings. The van der Waals surface area contributed by atoms with E-state index in [-0.39, 0.29) is 6.61 Å². The first kappa shape index (κ1) is 13.4. The average molecular weight is 282 g/mol. The van der Waals surface area contributed by atoms with E-state index < -0.39 is 0 Å². The van der Waals surface area contributed by atoms with Crippen LogP contribution in [0, 0.1) is 0 Å². The number of aliphatic hydroxyl groups excluding tert-OH is 1. The first-order valence-electron chi connectivity index (χ1n) is 6.68. The quantitative estimate of drug-likeness (QED) is 0.717. The zero-order chi connectivity index (χ0) is 14.7. The first-order chi connectivity index (χ1) is 10.3. The molecule has 0 unspecified atom stereocenters. The SMILES string of the molecule is O=CN(CCCO)c1cc2nnnc-2cc2ccccc12. The van der Waals surface area contributed by atoms with E-state index >= 15 is 0 Å². The lowest BCUT2D eigenvalue weighted by molar-refractivity contribution is -0.107. The van der Waals surface area contributed by atoms with Crippen LogP contribution in [-0.2, 0) is 4.79 Å². The van der Waals surface area contributed by atoms with Crippen LogP contribution in [0.25, 0.3) is 22.2 Å². The molecule has 106 valence electrons. The van der Waals surface area contributed by atoms with Crippen molar-refractivity contribution in [1.82, 2.24) is 15.4 Å². The molecule has 21 heavy (non-hydrogen) atoms. The number of rotatable bonds is 5. The van der Waals surface area contributed by atoms with Gasteiger partial charge in [0.2, 0.25) is 6.41 Å². The summed E-state index contributed by atoms with van der Waals surface area (Å²) >= 11 is 0. The highest BCUT2D eigenvalue weighted by Gasteiger charge is 2.14. The van der Waals surface area contributed by atoms with Gasteiger partial charge in [0.1, 0.15) is 11.4 Å². The summed E-state index contributed by atoms with van der Waals surface area (Å²) in [5.41, 5.74) is 2.06. The molecule has 0 spiro atoms. The minimum Gasteiger partial charge on any atom is -0.396 e. The van der Waals surface area contributed by atoms with E-state index in [9.17, 15) is 4.79 Å². The Morgan fingerprint density at radius 2 is 1.90 bits per heavy atom. The van der Waals surface area contributed by atoms with Crippen molar-refractivity contribution in [3.8, 4) is 11.4 Å². The standard InChI is InChI=1S/C15H14N4O2/c20-7-3-6-19(10-21)15-9-14-13(16-18-17-14)8-11-4-1-2-5-12(11)15/h1-2,4-5,8-10,20H,3,6-7H2. The van der Waals surface area contributed by atoms with E-state index in [0.29, 0.717) is 24.4 Å². The highest BCUT2D eigenvalue weighted by Crippen LogP contribution is 2.30. The van der Waals surface area contributed by atoms with E-state index in [1.54, 1.807) is 4.90 Å². The number of carbonyl (C=O) groups is 1. The number of nitrogens with zero attached hydrogens (tertiary/aromatic N) is 4. The fourth-order valence-corrected chi connectivity index (χ4v) is 2.35. The molecule has 0 bridgehead atoms. The largest absolute Gasteiger partial charge is 0.396 e. The smallest absolute Gasteiger partial charge is 0.214 e. The molecule has 0 saturated carbocycles. The topological polar surface area (TPSA) is 79.2 Å². The number of carbonyl (C=O) groups excluding carboxylic acids is 1. The molecule has 1 aromatic carbocycles. The second-order valence-electron chi connectivity index (χ2n) is 4.70. The van der Waals surface area contributed by atoms with Gasteiger partial charge in [-0.3, -0.25) is 4.79 Å². The van der Waals surface area contributed by atoms with Gasteiger partial charge in [0.25, 0.3) is 0 Å². The summed E-state index contributed by atoms with van der Waals surface area (Å²) in [6.07, 6.45) is 1.28. The number of hydrogen-bond donors (Lipinski definition) is 1. The van der Waals surface area contributed by atoms with Gasteiger partial charge in [-0.25, -0.2) is 0 Å². The average Bonchev–Trinajstić information content (AvgIpc) is 2.88. The Hall–Kier alpha value is -2.60. The van der Waals surface area contributed by atoms with E-state index in [1.165, 1.54) is 0 Å². The number of aliphatic hydroxyl groups is 1. The molecule has 0 radical (unpaired) electrons. The van der Waals surface area contributed by atoms with Crippen LogP contribution in [0.3, 0.4) is 0 Å². The second kappa shape index (κ2) is 5.80. The van der Waals surface area contributed by atoms with Crippen molar-refractivity contribution in [2.75, 3.05) is 18.1 Å². The van der Waals surface area contributed by atoms with Crippen molar-refractivity contribution >= 4 is 22.9 Å². The zero-order valence-electron chi connectivity index (χ0n) is 11.3. The summed E-state index contributed by atoms with van der Waals surface area (Å²) in [4.78, 5) is 13.0. The molecule has 6 heteroatoms. The minimum atomic E-state index is 0.0361. The van der Waals surface area contributed by atoms with Crippen molar-refractivity contribution in [3.63, 3.8) is 0 Å². The van der Waals surface area contributed by atoms with Gasteiger partial charge in [0.05, 0.1) is 5.69 Å². The normalized spacial score (nSPS) is 10.9. The second-order valence-corrected chi connectivity index (χ2v) is 4.70. The Morgan fingerprint density at radius 1 is 1.14 bits per heavy atom. The van der Waals surface area contributed by atoms with Crippen molar-refractivity contribution in [1.29, 1.82) is 0 Å². The Balaban J connectivity index is 2.24. The summed E-state index contributed by atoms with van der Waals surface area (Å²) in [6.45, 7) is 0.478. The summed E-state index contributed by atoms with van der Waals surface area (Å²) < 4.78 is 0. The number of anilines is 1. The molecule has 1 heterocycles. The first-order valence-corrected chi connectivity index (χ1v) is 6.68. The molecule has 1 amide bonds. The summed E-state index contributed by atoms with van der Waals surface area (Å²) in [5, 5.41) is 22.5. The van der Waals surface area contributed by atoms with E-state index in [4.69, 9.17) is 5.11 Å². The third-order valence-corrected chi connectivity index (χ3v) is 3.36. The van der Waals surface area contributed by atoms with Crippen LogP contribution in [-0.4, -0.2) is 40.1 Å². The Morgan fingerprint density at radius 3 is 2.67 bits per heavy atom. The predicted octanol–water partition coefficient (Wildman–Crippen LogP) is 1.47. The van der Waals surface area contributed by atoms with E-state index in [0.717, 1.165) is 22.9 Å². The molecule has 0 saturated heterocycles. The number of benzene rings is 1. The minimum absolute atomic E-state index is 0.0361. The van der Waals surface area contributed by atoms with Gasteiger partial charge in [-0.05, 0) is 29.2 Å². The Bertz CT molecular complexity index is 747. The fraction of sp³-hybridized carbons (Fsp3) is 0.200. The van der Waals surface area contributed by atoms with Gasteiger partial charge in [-0.1, -0.05) is 24.3 Å². The number of aromatic nitrogens is 3. The van der Waals surface area contributed by atoms with Crippen molar-refractivity contribution in [2.45, 2.75) is 6.42 Å². The van der Waals surface area contributed by atoms with Crippen LogP contribution < -0.4 is 4.90 Å². The zero-order valence-corrected chi connectivity index (χ0v) is 11.3. The monoisotopic (exact) mass is 282 g/mol. The molecule has 2 aliphatic rings. The molecular weight excluding hydrogens is 268 g/mol. The summed E-state index contributed by atoms with van der Waals surface area (Å²) in [7, 11) is 0. The molecule has 3 rings (SSSR count). The molecular formula is C15H14N4O2. The van der Waals surface area contributed by atoms with Gasteiger partial charge < -0.3 is 10.0 Å². The van der Waals surface area contributed by atoms with Crippen molar-refractivity contribution in [3.05, 3.63) is 36.4 Å². The molecule has 6 nitrogen and oxygen atoms in total. The van der Waals surface area contributed by atoms with E-state index in [1.807, 2.05) is 36.4 Å². The van der Waals surface area contributed by atoms with Crippen LogP contribution >= 0.6 is 0 Å². The number of amides is 1. The maximum absolute atomic E-state index is 11.4. The van der Waals surface area contributed by atoms with Gasteiger partial charge in [-0.2, -0.15) is 0 Å². The van der Waals surface area contributed by atoms with Gasteiger partial charge in [0, 0.05) is 18.5 Å². The lowest BCUT2D eigenvalue weighted by Gasteiger charge is -2.17. The van der Waals surface area contributed by atoms with Crippen LogP contribution in [0.5, 0.6) is 0 Å². The molecule has 0 aromatic heterocycles. The highest BCUT2D eigenvalue weighted by molar-refractivity contribution is 6.00. The van der Waals surface area contributed by atoms with Crippen molar-refractivity contribution in [2.24, 2.45) is 0 Å². The summed E-state index contributed by atoms with van der Waals surface area (Å²) in [6, 6.07) is 11.5. The Kier molecular flexibility index (Phi) is 3.70. The van der Waals surface area contributed by atoms with Gasteiger partial charge >= 0.3 is 0 Å². The fourth-order valence-electron chi connectivity index (χ4n) is 2.35. The molecule has 1 aliphatic heterocycles. The highest BCUT2D eigenvalue weighted by atomic mass is 16.3. The predicted molar refractivity (Wildman–Crippen MR) is 79.1 cm³/mol. The molecule has 0 atom stereocenters. The Labute approximate surface area is 121 Å². The lowest BCUT2D eigenvalue weighted by Crippen LogP contribution is -2.23.